The van der Waals surface area contributed by atoms with E-state index in [0.717, 1.165) is 28.3 Å². The van der Waals surface area contributed by atoms with Crippen LogP contribution in [0.1, 0.15) is 45.2 Å². The number of ether oxygens (including phenoxy) is 1. The van der Waals surface area contributed by atoms with Gasteiger partial charge in [0.1, 0.15) is 23.8 Å². The summed E-state index contributed by atoms with van der Waals surface area (Å²) in [6.45, 7) is 0. The molecule has 5 nitrogen and oxygen atoms in total. The monoisotopic (exact) mass is 756 g/mol. The highest BCUT2D eigenvalue weighted by Gasteiger charge is 2.67. The Morgan fingerprint density at radius 2 is 1.10 bits per heavy atom. The minimum Gasteiger partial charge on any atom is -0.457 e. The van der Waals surface area contributed by atoms with Gasteiger partial charge in [-0.25, -0.2) is 0 Å². The number of rotatable bonds is 5. The Hall–Kier alpha value is -7.31. The van der Waals surface area contributed by atoms with Gasteiger partial charge in [0.05, 0.1) is 11.1 Å². The van der Waals surface area contributed by atoms with Crippen molar-refractivity contribution in [3.63, 3.8) is 0 Å². The van der Waals surface area contributed by atoms with E-state index in [2.05, 4.69) is 209 Å². The maximum Gasteiger partial charge on any atom is 0.141 e. The summed E-state index contributed by atoms with van der Waals surface area (Å²) < 4.78 is 6.56. The number of benzene rings is 7. The van der Waals surface area contributed by atoms with Gasteiger partial charge in [-0.3, -0.25) is 9.99 Å². The summed E-state index contributed by atoms with van der Waals surface area (Å²) in [6, 6.07) is 67.8. The van der Waals surface area contributed by atoms with Gasteiger partial charge in [0.15, 0.2) is 0 Å². The molecule has 0 amide bonds. The first-order valence-electron chi connectivity index (χ1n) is 20.3. The van der Waals surface area contributed by atoms with Crippen LogP contribution in [0.4, 0.5) is 0 Å². The molecule has 0 saturated carbocycles. The van der Waals surface area contributed by atoms with Crippen LogP contribution in [0.5, 0.6) is 11.5 Å². The molecule has 1 aliphatic carbocycles. The van der Waals surface area contributed by atoms with Crippen molar-refractivity contribution in [2.45, 2.75) is 17.7 Å². The van der Waals surface area contributed by atoms with Crippen LogP contribution >= 0.6 is 0 Å². The maximum absolute atomic E-state index is 6.56. The van der Waals surface area contributed by atoms with Crippen LogP contribution in [-0.2, 0) is 5.41 Å². The smallest absolute Gasteiger partial charge is 0.141 e. The van der Waals surface area contributed by atoms with E-state index < -0.39 is 5.41 Å². The fourth-order valence-electron chi connectivity index (χ4n) is 10.2. The Labute approximate surface area is 343 Å². The van der Waals surface area contributed by atoms with Crippen LogP contribution in [0.3, 0.4) is 0 Å². The largest absolute Gasteiger partial charge is 0.457 e. The second-order valence-electron chi connectivity index (χ2n) is 16.0. The van der Waals surface area contributed by atoms with E-state index in [0.29, 0.717) is 0 Å². The van der Waals surface area contributed by atoms with Crippen molar-refractivity contribution in [1.29, 1.82) is 0 Å². The fraction of sp³-hybridized carbons (Fsp3) is 0.0556. The Kier molecular flexibility index (Phi) is 6.85. The zero-order chi connectivity index (χ0) is 38.7. The fourth-order valence-corrected chi connectivity index (χ4v) is 10.2. The van der Waals surface area contributed by atoms with E-state index in [1.54, 1.807) is 0 Å². The van der Waals surface area contributed by atoms with Crippen molar-refractivity contribution in [2.75, 3.05) is 0 Å². The molecule has 59 heavy (non-hydrogen) atoms. The van der Waals surface area contributed by atoms with Crippen molar-refractivity contribution in [3.05, 3.63) is 246 Å². The van der Waals surface area contributed by atoms with Gasteiger partial charge < -0.3 is 4.74 Å². The molecule has 0 N–H and O–H groups in total. The second kappa shape index (κ2) is 12.3. The molecule has 2 fully saturated rings. The van der Waals surface area contributed by atoms with Gasteiger partial charge in [0.2, 0.25) is 0 Å². The summed E-state index contributed by atoms with van der Waals surface area (Å²) >= 11 is 0. The molecule has 1 spiro atoms. The molecular formula is C54H36N4O. The van der Waals surface area contributed by atoms with Crippen LogP contribution in [0.25, 0.3) is 44.5 Å². The minimum absolute atomic E-state index is 0.154. The average Bonchev–Trinajstić information content (AvgIpc) is 3.89. The quantitative estimate of drug-likeness (QED) is 0.163. The molecule has 4 unspecified atom stereocenters. The third-order valence-corrected chi connectivity index (χ3v) is 12.9. The van der Waals surface area contributed by atoms with E-state index in [9.17, 15) is 0 Å². The SMILES string of the molecule is C1=C(c2ccccc2)C=C(c2ccccc2)C2N1N1C(c3cccc(-c4cccc(-c5ccc6c(c5)C5(c7ccccc7Oc7ccccc75)c5ncccc5-6)c4)c3)N21. The molecule has 0 radical (unpaired) electrons. The Balaban J connectivity index is 0.870. The summed E-state index contributed by atoms with van der Waals surface area (Å²) in [5.41, 5.74) is 17.3. The molecule has 2 saturated heterocycles. The minimum atomic E-state index is -0.604. The first-order chi connectivity index (χ1) is 29.3. The lowest BCUT2D eigenvalue weighted by Crippen LogP contribution is -2.54. The van der Waals surface area contributed by atoms with Gasteiger partial charge in [0, 0.05) is 29.1 Å². The van der Waals surface area contributed by atoms with Gasteiger partial charge in [-0.15, -0.1) is 5.12 Å². The summed E-state index contributed by atoms with van der Waals surface area (Å²) in [4.78, 5) is 5.14. The third-order valence-electron chi connectivity index (χ3n) is 12.9. The van der Waals surface area contributed by atoms with E-state index in [4.69, 9.17) is 9.72 Å². The highest BCUT2D eigenvalue weighted by molar-refractivity contribution is 5.90. The zero-order valence-electron chi connectivity index (χ0n) is 32.0. The maximum atomic E-state index is 6.56. The summed E-state index contributed by atoms with van der Waals surface area (Å²) in [5, 5.41) is 7.29. The predicted molar refractivity (Wildman–Crippen MR) is 233 cm³/mol. The van der Waals surface area contributed by atoms with Gasteiger partial charge in [-0.1, -0.05) is 152 Å². The summed E-state index contributed by atoms with van der Waals surface area (Å²) in [5.74, 6) is 1.74. The highest BCUT2D eigenvalue weighted by atomic mass is 16.5. The molecule has 8 aromatic rings. The zero-order valence-corrected chi connectivity index (χ0v) is 32.0. The van der Waals surface area contributed by atoms with E-state index in [1.165, 1.54) is 66.8 Å². The standard InChI is InChI=1S/C54H36N4O/c1-3-14-35(15-4-1)42-32-45(36-16-5-2-6-17-36)53-56(34-42)58-52(57(53)58)41-21-12-20-39(31-41)37-18-11-19-38(30-37)40-27-28-43-44-22-13-29-55-51(44)54(48(43)33-40)46-23-7-9-25-49(46)59-50-26-10-8-24-47(50)54/h1-34,52-53H. The number of para-hydroxylation sites is 2. The lowest BCUT2D eigenvalue weighted by atomic mass is 9.67. The molecule has 5 heterocycles. The molecular weight excluding hydrogens is 721 g/mol. The molecule has 1 aromatic heterocycles. The summed E-state index contributed by atoms with van der Waals surface area (Å²) in [6.07, 6.45) is 6.92. The number of allylic oxidation sites excluding steroid dienone is 2. The van der Waals surface area contributed by atoms with E-state index in [-0.39, 0.29) is 12.3 Å². The normalized spacial score (nSPS) is 20.6. The number of hydrogen-bond acceptors (Lipinski definition) is 5. The Bertz CT molecular complexity index is 3030. The van der Waals surface area contributed by atoms with Gasteiger partial charge in [-0.05, 0) is 104 Å². The topological polar surface area (TPSA) is 31.4 Å². The predicted octanol–water partition coefficient (Wildman–Crippen LogP) is 12.1. The lowest BCUT2D eigenvalue weighted by Gasteiger charge is -2.44. The van der Waals surface area contributed by atoms with Crippen molar-refractivity contribution < 1.29 is 4.74 Å². The Morgan fingerprint density at radius 1 is 0.475 bits per heavy atom. The van der Waals surface area contributed by atoms with Crippen LogP contribution < -0.4 is 4.74 Å². The van der Waals surface area contributed by atoms with Crippen molar-refractivity contribution >= 4 is 11.1 Å². The highest BCUT2D eigenvalue weighted by Crippen LogP contribution is 2.62. The first-order valence-corrected chi connectivity index (χ1v) is 20.3. The van der Waals surface area contributed by atoms with Gasteiger partial charge in [0.25, 0.3) is 0 Å². The van der Waals surface area contributed by atoms with Gasteiger partial charge in [-0.2, -0.15) is 5.01 Å². The molecule has 4 atom stereocenters. The number of hydrazine groups is 2. The second-order valence-corrected chi connectivity index (χ2v) is 16.0. The van der Waals surface area contributed by atoms with Crippen LogP contribution in [0.15, 0.2) is 207 Å². The molecule has 0 bridgehead atoms. The van der Waals surface area contributed by atoms with Crippen molar-refractivity contribution in [3.8, 4) is 44.9 Å². The molecule has 7 aromatic carbocycles. The van der Waals surface area contributed by atoms with Gasteiger partial charge >= 0.3 is 0 Å². The molecule has 4 aliphatic heterocycles. The number of aromatic nitrogens is 1. The van der Waals surface area contributed by atoms with E-state index >= 15 is 0 Å². The van der Waals surface area contributed by atoms with Crippen molar-refractivity contribution in [1.82, 2.24) is 20.1 Å². The lowest BCUT2D eigenvalue weighted by molar-refractivity contribution is -0.114. The van der Waals surface area contributed by atoms with Crippen LogP contribution in [0.2, 0.25) is 0 Å². The molecule has 13 rings (SSSR count). The number of fused-ring (bicyclic) bond motifs is 13. The number of nitrogens with zero attached hydrogens (tertiary/aromatic N) is 4. The van der Waals surface area contributed by atoms with Crippen molar-refractivity contribution in [2.24, 2.45) is 0 Å². The Morgan fingerprint density at radius 3 is 1.85 bits per heavy atom. The average molecular weight is 757 g/mol. The van der Waals surface area contributed by atoms with E-state index in [1.807, 2.05) is 12.3 Å². The third kappa shape index (κ3) is 4.65. The van der Waals surface area contributed by atoms with Crippen LogP contribution in [-0.4, -0.2) is 26.3 Å². The number of pyridine rings is 1. The summed E-state index contributed by atoms with van der Waals surface area (Å²) in [7, 11) is 0. The molecule has 278 valence electrons. The molecule has 5 heteroatoms. The number of hydrogen-bond donors (Lipinski definition) is 0. The van der Waals surface area contributed by atoms with Crippen LogP contribution in [0, 0.1) is 0 Å². The molecule has 5 aliphatic rings. The first kappa shape index (κ1) is 32.7.